The van der Waals surface area contributed by atoms with Crippen LogP contribution in [0.4, 0.5) is 0 Å². The first-order valence-electron chi connectivity index (χ1n) is 1.36. The van der Waals surface area contributed by atoms with E-state index in [4.69, 9.17) is 10.3 Å². The number of hydrogen-bond acceptors (Lipinski definition) is 3. The van der Waals surface area contributed by atoms with Crippen molar-refractivity contribution in [2.75, 3.05) is 0 Å². The van der Waals surface area contributed by atoms with Crippen molar-refractivity contribution < 1.29 is 15.1 Å². The highest BCUT2D eigenvalue weighted by Gasteiger charge is 2.00. The number of thiocarbonyl (C=S) groups is 1. The van der Waals surface area contributed by atoms with E-state index in [-0.39, 0.29) is 0 Å². The van der Waals surface area contributed by atoms with Gasteiger partial charge in [0, 0.05) is 0 Å². The molecule has 40 valence electrons. The summed E-state index contributed by atoms with van der Waals surface area (Å²) in [6, 6.07) is 0. The predicted octanol–water partition coefficient (Wildman–Crippen LogP) is -0.623. The number of rotatable bonds is 0. The first kappa shape index (κ1) is 6.32. The average Bonchev–Trinajstić information content (AvgIpc) is 1.65. The SMILES string of the molecule is O=C(O)C(=S)NO. The van der Waals surface area contributed by atoms with Crippen LogP contribution in [0.15, 0.2) is 0 Å². The van der Waals surface area contributed by atoms with Gasteiger partial charge < -0.3 is 5.11 Å². The number of hydroxylamine groups is 1. The van der Waals surface area contributed by atoms with E-state index in [0.29, 0.717) is 0 Å². The van der Waals surface area contributed by atoms with Gasteiger partial charge in [-0.05, 0) is 0 Å². The molecule has 0 saturated heterocycles. The third kappa shape index (κ3) is 2.07. The Bertz CT molecular complexity index is 101. The van der Waals surface area contributed by atoms with Gasteiger partial charge in [-0.15, -0.1) is 0 Å². The van der Waals surface area contributed by atoms with E-state index in [2.05, 4.69) is 12.2 Å². The van der Waals surface area contributed by atoms with Gasteiger partial charge in [0.05, 0.1) is 0 Å². The Morgan fingerprint density at radius 2 is 2.14 bits per heavy atom. The molecule has 7 heavy (non-hydrogen) atoms. The van der Waals surface area contributed by atoms with Crippen LogP contribution in [-0.4, -0.2) is 21.3 Å². The van der Waals surface area contributed by atoms with Crippen LogP contribution in [0.3, 0.4) is 0 Å². The second-order valence-corrected chi connectivity index (χ2v) is 1.15. The minimum Gasteiger partial charge on any atom is -0.476 e. The van der Waals surface area contributed by atoms with Gasteiger partial charge in [-0.3, -0.25) is 10.7 Å². The number of carbonyl (C=O) groups is 1. The lowest BCUT2D eigenvalue weighted by Gasteiger charge is -1.88. The summed E-state index contributed by atoms with van der Waals surface area (Å²) in [6.45, 7) is 0. The molecule has 0 aliphatic carbocycles. The first-order chi connectivity index (χ1) is 3.18. The molecule has 0 unspecified atom stereocenters. The van der Waals surface area contributed by atoms with Gasteiger partial charge >= 0.3 is 5.97 Å². The van der Waals surface area contributed by atoms with Crippen LogP contribution < -0.4 is 5.48 Å². The molecule has 0 atom stereocenters. The molecule has 0 aliphatic rings. The third-order valence-corrected chi connectivity index (χ3v) is 0.562. The lowest BCUT2D eigenvalue weighted by Crippen LogP contribution is -2.25. The van der Waals surface area contributed by atoms with Gasteiger partial charge in [0.1, 0.15) is 0 Å². The molecule has 0 aliphatic heterocycles. The number of hydrogen-bond donors (Lipinski definition) is 3. The molecule has 0 aromatic heterocycles. The van der Waals surface area contributed by atoms with Crippen LogP contribution in [0, 0.1) is 0 Å². The van der Waals surface area contributed by atoms with Crippen molar-refractivity contribution in [3.8, 4) is 0 Å². The Balaban J connectivity index is 3.58. The zero-order valence-corrected chi connectivity index (χ0v) is 4.03. The smallest absolute Gasteiger partial charge is 0.365 e. The summed E-state index contributed by atoms with van der Waals surface area (Å²) in [5.74, 6) is -1.34. The third-order valence-electron chi connectivity index (χ3n) is 0.296. The highest BCUT2D eigenvalue weighted by molar-refractivity contribution is 7.81. The second kappa shape index (κ2) is 2.49. The quantitative estimate of drug-likeness (QED) is 0.294. The summed E-state index contributed by atoms with van der Waals surface area (Å²) < 4.78 is 0. The Labute approximate surface area is 44.7 Å². The molecule has 0 heterocycles. The van der Waals surface area contributed by atoms with Crippen LogP contribution in [0.5, 0.6) is 0 Å². The van der Waals surface area contributed by atoms with Crippen molar-refractivity contribution in [1.29, 1.82) is 0 Å². The molecule has 5 heteroatoms. The van der Waals surface area contributed by atoms with Gasteiger partial charge in [-0.25, -0.2) is 4.79 Å². The van der Waals surface area contributed by atoms with Gasteiger partial charge in [-0.2, -0.15) is 0 Å². The summed E-state index contributed by atoms with van der Waals surface area (Å²) >= 11 is 4.02. The van der Waals surface area contributed by atoms with E-state index in [1.165, 1.54) is 5.48 Å². The molecule has 0 bridgehead atoms. The minimum absolute atomic E-state index is 0.597. The molecule has 3 N–H and O–H groups in total. The zero-order valence-electron chi connectivity index (χ0n) is 3.21. The summed E-state index contributed by atoms with van der Waals surface area (Å²) in [6.07, 6.45) is 0. The fourth-order valence-corrected chi connectivity index (χ4v) is 0.0478. The minimum atomic E-state index is -1.34. The van der Waals surface area contributed by atoms with Crippen LogP contribution in [0.2, 0.25) is 0 Å². The molecule has 0 aromatic rings. The van der Waals surface area contributed by atoms with E-state index in [1.54, 1.807) is 0 Å². The molecular weight excluding hydrogens is 118 g/mol. The zero-order chi connectivity index (χ0) is 5.86. The van der Waals surface area contributed by atoms with Gasteiger partial charge in [0.15, 0.2) is 0 Å². The highest BCUT2D eigenvalue weighted by atomic mass is 32.1. The molecule has 0 aromatic carbocycles. The fourth-order valence-electron chi connectivity index (χ4n) is 0.0478. The molecule has 0 fully saturated rings. The maximum absolute atomic E-state index is 9.57. The summed E-state index contributed by atoms with van der Waals surface area (Å²) in [7, 11) is 0. The Morgan fingerprint density at radius 1 is 1.71 bits per heavy atom. The topological polar surface area (TPSA) is 69.6 Å². The van der Waals surface area contributed by atoms with Crippen LogP contribution in [-0.2, 0) is 4.79 Å². The number of nitrogens with one attached hydrogen (secondary N) is 1. The fraction of sp³-hybridized carbons (Fsp3) is 0. The predicted molar refractivity (Wildman–Crippen MR) is 25.2 cm³/mol. The summed E-state index contributed by atoms with van der Waals surface area (Å²) in [5, 5.41) is 15.6. The van der Waals surface area contributed by atoms with Crippen molar-refractivity contribution in [2.45, 2.75) is 0 Å². The van der Waals surface area contributed by atoms with Gasteiger partial charge in [0.2, 0.25) is 4.99 Å². The molecule has 0 radical (unpaired) electrons. The Hall–Kier alpha value is -0.680. The first-order valence-corrected chi connectivity index (χ1v) is 1.76. The summed E-state index contributed by atoms with van der Waals surface area (Å²) in [4.78, 5) is 8.97. The van der Waals surface area contributed by atoms with Crippen LogP contribution in [0.25, 0.3) is 0 Å². The second-order valence-electron chi connectivity index (χ2n) is 0.746. The van der Waals surface area contributed by atoms with E-state index < -0.39 is 11.0 Å². The van der Waals surface area contributed by atoms with E-state index in [0.717, 1.165) is 0 Å². The molecule has 0 rings (SSSR count). The Kier molecular flexibility index (Phi) is 2.24. The molecule has 0 amide bonds. The molecular formula is C2H3NO3S. The average molecular weight is 121 g/mol. The monoisotopic (exact) mass is 121 g/mol. The lowest BCUT2D eigenvalue weighted by atomic mass is 10.7. The van der Waals surface area contributed by atoms with E-state index in [1.807, 2.05) is 0 Å². The number of carboxylic acids is 1. The molecule has 4 nitrogen and oxygen atoms in total. The van der Waals surface area contributed by atoms with Crippen molar-refractivity contribution >= 4 is 23.2 Å². The van der Waals surface area contributed by atoms with E-state index >= 15 is 0 Å². The molecule has 0 saturated carbocycles. The van der Waals surface area contributed by atoms with E-state index in [9.17, 15) is 4.79 Å². The Morgan fingerprint density at radius 3 is 2.14 bits per heavy atom. The largest absolute Gasteiger partial charge is 0.476 e. The standard InChI is InChI=1S/C2H3NO3S/c4-2(5)1(7)3-6/h6H,(H,3,7)(H,4,5). The van der Waals surface area contributed by atoms with Crippen molar-refractivity contribution in [3.63, 3.8) is 0 Å². The lowest BCUT2D eigenvalue weighted by molar-refractivity contribution is -0.129. The normalized spacial score (nSPS) is 7.57. The van der Waals surface area contributed by atoms with Crippen molar-refractivity contribution in [3.05, 3.63) is 0 Å². The van der Waals surface area contributed by atoms with Crippen LogP contribution >= 0.6 is 12.2 Å². The maximum atomic E-state index is 9.57. The van der Waals surface area contributed by atoms with Gasteiger partial charge in [0.25, 0.3) is 0 Å². The van der Waals surface area contributed by atoms with Crippen molar-refractivity contribution in [1.82, 2.24) is 5.48 Å². The van der Waals surface area contributed by atoms with Crippen molar-refractivity contribution in [2.24, 2.45) is 0 Å². The highest BCUT2D eigenvalue weighted by Crippen LogP contribution is 1.65. The summed E-state index contributed by atoms with van der Waals surface area (Å²) in [5.41, 5.74) is 1.30. The molecule has 0 spiro atoms. The number of carboxylic acid groups (broad SMARTS) is 1. The van der Waals surface area contributed by atoms with Gasteiger partial charge in [-0.1, -0.05) is 12.2 Å². The number of aliphatic carboxylic acids is 1. The van der Waals surface area contributed by atoms with Crippen LogP contribution in [0.1, 0.15) is 0 Å². The maximum Gasteiger partial charge on any atom is 0.365 e.